The van der Waals surface area contributed by atoms with Crippen LogP contribution < -0.4 is 0 Å². The summed E-state index contributed by atoms with van der Waals surface area (Å²) in [5.41, 5.74) is 0. The average molecular weight is 1140 g/mol. The van der Waals surface area contributed by atoms with Gasteiger partial charge in [0.25, 0.3) is 0 Å². The first kappa shape index (κ1) is 74.9. The Hall–Kier alpha value is -4.10. The zero-order valence-electron chi connectivity index (χ0n) is 51.3. The lowest BCUT2D eigenvalue weighted by molar-refractivity contribution is -0.301. The van der Waals surface area contributed by atoms with Crippen molar-refractivity contribution >= 4 is 23.9 Å². The Bertz CT molecular complexity index is 1730. The highest BCUT2D eigenvalue weighted by Gasteiger charge is 2.50. The lowest BCUT2D eigenvalue weighted by atomic mass is 9.98. The van der Waals surface area contributed by atoms with Crippen molar-refractivity contribution in [3.8, 4) is 0 Å². The molecule has 1 rings (SSSR count). The molecule has 0 spiro atoms. The Morgan fingerprint density at radius 2 is 0.802 bits per heavy atom. The number of carboxylic acid groups (broad SMARTS) is 1. The van der Waals surface area contributed by atoms with Crippen molar-refractivity contribution in [1.29, 1.82) is 0 Å². The minimum Gasteiger partial charge on any atom is -0.479 e. The standard InChI is InChI=1S/C69H116O12/c1-4-7-10-13-16-19-22-25-27-29-31-33-35-38-40-43-46-49-52-55-61(70)77-58-60(79-62(71)56-53-50-47-44-41-37-24-21-18-15-12-9-6-3)59-78-69-67(65(74)64(73)66(81-69)68(75)76)80-63(72)57-54-51-48-45-42-39-36-34-32-30-28-26-23-20-17-14-11-8-5-2/h9,12,16,18-19,21,25,27,31,33,37,41,47,50,60,64-67,69,73-74H,4-8,10-11,13-15,17,20,22-24,26,28-30,32,34-36,38-40,42-46,48-49,51-59H2,1-3H3,(H,75,76)/b12-9-,19-16-,21-18-,27-25-,33-31-,41-37-,50-47-. The molecule has 0 radical (unpaired) electrons. The lowest BCUT2D eigenvalue weighted by Gasteiger charge is -2.40. The van der Waals surface area contributed by atoms with Crippen molar-refractivity contribution in [3.05, 3.63) is 85.1 Å². The first-order chi connectivity index (χ1) is 39.6. The van der Waals surface area contributed by atoms with Gasteiger partial charge in [-0.2, -0.15) is 0 Å². The largest absolute Gasteiger partial charge is 0.479 e. The van der Waals surface area contributed by atoms with Crippen LogP contribution >= 0.6 is 0 Å². The van der Waals surface area contributed by atoms with Gasteiger partial charge in [0.2, 0.25) is 0 Å². The second-order valence-electron chi connectivity index (χ2n) is 22.0. The third-order valence-corrected chi connectivity index (χ3v) is 14.5. The third kappa shape index (κ3) is 46.0. The number of aliphatic hydroxyl groups excluding tert-OH is 2. The molecule has 12 heteroatoms. The van der Waals surface area contributed by atoms with Gasteiger partial charge in [0, 0.05) is 19.3 Å². The number of aliphatic carboxylic acids is 1. The van der Waals surface area contributed by atoms with Crippen LogP contribution in [0.4, 0.5) is 0 Å². The summed E-state index contributed by atoms with van der Waals surface area (Å²) in [5, 5.41) is 31.6. The summed E-state index contributed by atoms with van der Waals surface area (Å²) in [6, 6.07) is 0. The summed E-state index contributed by atoms with van der Waals surface area (Å²) in [4.78, 5) is 51.2. The highest BCUT2D eigenvalue weighted by atomic mass is 16.7. The van der Waals surface area contributed by atoms with Gasteiger partial charge in [-0.1, -0.05) is 260 Å². The number of hydrogen-bond donors (Lipinski definition) is 3. The Balaban J connectivity index is 2.66. The predicted octanol–water partition coefficient (Wildman–Crippen LogP) is 17.5. The molecular formula is C69H116O12. The van der Waals surface area contributed by atoms with Gasteiger partial charge in [-0.25, -0.2) is 4.79 Å². The fourth-order valence-electron chi connectivity index (χ4n) is 9.51. The van der Waals surface area contributed by atoms with Gasteiger partial charge in [0.1, 0.15) is 18.8 Å². The number of aliphatic hydroxyl groups is 2. The fraction of sp³-hybridized carbons (Fsp3) is 0.739. The molecular weight excluding hydrogens is 1020 g/mol. The normalized spacial score (nSPS) is 18.3. The van der Waals surface area contributed by atoms with Gasteiger partial charge < -0.3 is 39.0 Å². The first-order valence-electron chi connectivity index (χ1n) is 32.6. The molecule has 1 saturated heterocycles. The van der Waals surface area contributed by atoms with Gasteiger partial charge >= 0.3 is 23.9 Å². The van der Waals surface area contributed by atoms with E-state index in [1.54, 1.807) is 0 Å². The van der Waals surface area contributed by atoms with E-state index in [9.17, 15) is 34.5 Å². The quantitative estimate of drug-likeness (QED) is 0.0228. The predicted molar refractivity (Wildman–Crippen MR) is 331 cm³/mol. The van der Waals surface area contributed by atoms with E-state index in [0.717, 1.165) is 96.3 Å². The third-order valence-electron chi connectivity index (χ3n) is 14.5. The molecule has 1 fully saturated rings. The Labute approximate surface area is 492 Å². The van der Waals surface area contributed by atoms with Crippen LogP contribution in [0.25, 0.3) is 0 Å². The van der Waals surface area contributed by atoms with Crippen molar-refractivity contribution in [3.63, 3.8) is 0 Å². The van der Waals surface area contributed by atoms with E-state index >= 15 is 0 Å². The smallest absolute Gasteiger partial charge is 0.335 e. The maximum Gasteiger partial charge on any atom is 0.335 e. The topological polar surface area (TPSA) is 175 Å². The van der Waals surface area contributed by atoms with Crippen LogP contribution in [0.15, 0.2) is 85.1 Å². The van der Waals surface area contributed by atoms with Crippen LogP contribution in [0.3, 0.4) is 0 Å². The Morgan fingerprint density at radius 3 is 1.26 bits per heavy atom. The van der Waals surface area contributed by atoms with Gasteiger partial charge in [-0.05, 0) is 83.5 Å². The van der Waals surface area contributed by atoms with Crippen LogP contribution in [-0.4, -0.2) is 89.2 Å². The lowest BCUT2D eigenvalue weighted by Crippen LogP contribution is -2.61. The molecule has 6 atom stereocenters. The van der Waals surface area contributed by atoms with Crippen LogP contribution in [0, 0.1) is 0 Å². The molecule has 3 N–H and O–H groups in total. The van der Waals surface area contributed by atoms with Gasteiger partial charge in [-0.3, -0.25) is 14.4 Å². The van der Waals surface area contributed by atoms with Crippen molar-refractivity contribution in [2.75, 3.05) is 13.2 Å². The number of carbonyl (C=O) groups excluding carboxylic acids is 3. The van der Waals surface area contributed by atoms with Crippen molar-refractivity contribution in [2.24, 2.45) is 0 Å². The van der Waals surface area contributed by atoms with Crippen molar-refractivity contribution < 1.29 is 58.2 Å². The summed E-state index contributed by atoms with van der Waals surface area (Å²) in [6.07, 6.45) is 61.4. The molecule has 1 heterocycles. The average Bonchev–Trinajstić information content (AvgIpc) is 3.54. The zero-order valence-corrected chi connectivity index (χ0v) is 51.3. The number of rotatable bonds is 55. The van der Waals surface area contributed by atoms with E-state index in [4.69, 9.17) is 23.7 Å². The van der Waals surface area contributed by atoms with Crippen molar-refractivity contribution in [2.45, 2.75) is 314 Å². The summed E-state index contributed by atoms with van der Waals surface area (Å²) < 4.78 is 28.4. The minimum atomic E-state index is -1.92. The van der Waals surface area contributed by atoms with Crippen LogP contribution in [0.5, 0.6) is 0 Å². The number of esters is 3. The molecule has 1 aliphatic rings. The van der Waals surface area contributed by atoms with Crippen LogP contribution in [-0.2, 0) is 42.9 Å². The first-order valence-corrected chi connectivity index (χ1v) is 32.6. The van der Waals surface area contributed by atoms with E-state index < -0.39 is 67.3 Å². The number of hydrogen-bond acceptors (Lipinski definition) is 11. The molecule has 0 amide bonds. The molecule has 0 aliphatic carbocycles. The highest BCUT2D eigenvalue weighted by Crippen LogP contribution is 2.27. The molecule has 0 aromatic heterocycles. The molecule has 0 bridgehead atoms. The van der Waals surface area contributed by atoms with Crippen molar-refractivity contribution in [1.82, 2.24) is 0 Å². The summed E-state index contributed by atoms with van der Waals surface area (Å²) >= 11 is 0. The number of ether oxygens (including phenoxy) is 5. The summed E-state index contributed by atoms with van der Waals surface area (Å²) in [7, 11) is 0. The van der Waals surface area contributed by atoms with E-state index in [0.29, 0.717) is 25.7 Å². The number of carbonyl (C=O) groups is 4. The molecule has 81 heavy (non-hydrogen) atoms. The van der Waals surface area contributed by atoms with Gasteiger partial charge in [-0.15, -0.1) is 0 Å². The molecule has 0 aromatic rings. The fourth-order valence-corrected chi connectivity index (χ4v) is 9.51. The Kier molecular flexibility index (Phi) is 52.1. The maximum absolute atomic E-state index is 13.1. The van der Waals surface area contributed by atoms with E-state index in [2.05, 4.69) is 93.7 Å². The number of allylic oxidation sites excluding steroid dienone is 14. The zero-order chi connectivity index (χ0) is 58.9. The molecule has 464 valence electrons. The molecule has 1 aliphatic heterocycles. The Morgan fingerprint density at radius 1 is 0.420 bits per heavy atom. The monoisotopic (exact) mass is 1140 g/mol. The number of carboxylic acids is 1. The van der Waals surface area contributed by atoms with E-state index in [1.165, 1.54) is 116 Å². The highest BCUT2D eigenvalue weighted by molar-refractivity contribution is 5.74. The summed E-state index contributed by atoms with van der Waals surface area (Å²) in [5.74, 6) is -3.24. The SMILES string of the molecule is CC/C=C\C/C=C\C/C=C\C/C=C\CCC(=O)OC(COC(=O)CCCCCCCC/C=C\C/C=C\C/C=C\CCCCC)COC1OC(C(=O)O)C(O)C(O)C1OC(=O)CCCCCCCCCCCCCCCCCCCCC. The molecule has 0 aromatic carbocycles. The summed E-state index contributed by atoms with van der Waals surface area (Å²) in [6.45, 7) is 5.81. The number of unbranched alkanes of at least 4 members (excludes halogenated alkanes) is 27. The molecule has 6 unspecified atom stereocenters. The van der Waals surface area contributed by atoms with Crippen LogP contribution in [0.2, 0.25) is 0 Å². The second-order valence-corrected chi connectivity index (χ2v) is 22.0. The van der Waals surface area contributed by atoms with E-state index in [-0.39, 0.29) is 25.9 Å². The van der Waals surface area contributed by atoms with E-state index in [1.807, 2.05) is 12.2 Å². The molecule has 0 saturated carbocycles. The minimum absolute atomic E-state index is 0.0370. The molecule has 12 nitrogen and oxygen atoms in total. The van der Waals surface area contributed by atoms with Gasteiger partial charge in [0.05, 0.1) is 6.61 Å². The maximum atomic E-state index is 13.1. The van der Waals surface area contributed by atoms with Crippen LogP contribution in [0.1, 0.15) is 278 Å². The van der Waals surface area contributed by atoms with Gasteiger partial charge in [0.15, 0.2) is 24.6 Å². The second kappa shape index (κ2) is 56.4.